The van der Waals surface area contributed by atoms with Gasteiger partial charge in [0.2, 0.25) is 5.91 Å². The van der Waals surface area contributed by atoms with Crippen LogP contribution >= 0.6 is 11.8 Å². The van der Waals surface area contributed by atoms with Crippen molar-refractivity contribution in [2.75, 3.05) is 5.75 Å². The van der Waals surface area contributed by atoms with Crippen molar-refractivity contribution >= 4 is 28.9 Å². The molecule has 0 aromatic carbocycles. The van der Waals surface area contributed by atoms with Crippen molar-refractivity contribution in [3.05, 3.63) is 0 Å². The van der Waals surface area contributed by atoms with Crippen molar-refractivity contribution < 1.29 is 19.5 Å². The van der Waals surface area contributed by atoms with Crippen LogP contribution in [0.5, 0.6) is 0 Å². The Hall–Kier alpha value is -1.24. The van der Waals surface area contributed by atoms with Gasteiger partial charge in [-0.15, -0.1) is 0 Å². The van der Waals surface area contributed by atoms with E-state index in [9.17, 15) is 14.4 Å². The van der Waals surface area contributed by atoms with Gasteiger partial charge >= 0.3 is 5.97 Å². The number of aliphatic carboxylic acids is 1. The molecule has 1 aliphatic rings. The van der Waals surface area contributed by atoms with Crippen LogP contribution in [-0.4, -0.2) is 40.1 Å². The molecule has 1 saturated heterocycles. The zero-order valence-electron chi connectivity index (χ0n) is 8.86. The van der Waals surface area contributed by atoms with Crippen molar-refractivity contribution in [3.63, 3.8) is 0 Å². The topological polar surface area (TPSA) is 95.5 Å². The predicted molar refractivity (Wildman–Crippen MR) is 59.3 cm³/mol. The average molecular weight is 246 g/mol. The van der Waals surface area contributed by atoms with Crippen LogP contribution < -0.4 is 10.6 Å². The largest absolute Gasteiger partial charge is 0.480 e. The highest BCUT2D eigenvalue weighted by atomic mass is 32.2. The fourth-order valence-electron chi connectivity index (χ4n) is 1.34. The van der Waals surface area contributed by atoms with Crippen molar-refractivity contribution in [2.24, 2.45) is 0 Å². The molecule has 16 heavy (non-hydrogen) atoms. The van der Waals surface area contributed by atoms with E-state index < -0.39 is 24.0 Å². The lowest BCUT2D eigenvalue weighted by Gasteiger charge is -2.16. The third kappa shape index (κ3) is 3.41. The third-order valence-electron chi connectivity index (χ3n) is 2.18. The second-order valence-corrected chi connectivity index (χ2v) is 4.48. The molecule has 90 valence electrons. The molecule has 1 aliphatic heterocycles. The fourth-order valence-corrected chi connectivity index (χ4v) is 2.12. The molecule has 2 amide bonds. The van der Waals surface area contributed by atoms with Gasteiger partial charge in [-0.2, -0.15) is 0 Å². The van der Waals surface area contributed by atoms with Crippen molar-refractivity contribution in [2.45, 2.75) is 31.8 Å². The summed E-state index contributed by atoms with van der Waals surface area (Å²) in [6.07, 6.45) is 1.05. The Morgan fingerprint density at radius 2 is 2.38 bits per heavy atom. The summed E-state index contributed by atoms with van der Waals surface area (Å²) in [6, 6.07) is -1.49. The Kier molecular flexibility index (Phi) is 4.60. The molecule has 0 saturated carbocycles. The van der Waals surface area contributed by atoms with Gasteiger partial charge in [-0.1, -0.05) is 25.1 Å². The number of thioether (sulfide) groups is 1. The van der Waals surface area contributed by atoms with Crippen LogP contribution in [0.1, 0.15) is 19.8 Å². The highest BCUT2D eigenvalue weighted by molar-refractivity contribution is 8.14. The van der Waals surface area contributed by atoms with Crippen LogP contribution in [0, 0.1) is 0 Å². The molecule has 0 aromatic heterocycles. The van der Waals surface area contributed by atoms with Crippen molar-refractivity contribution in [1.82, 2.24) is 10.6 Å². The van der Waals surface area contributed by atoms with Crippen LogP contribution in [0.25, 0.3) is 0 Å². The number of nitrogens with one attached hydrogen (secondary N) is 2. The monoisotopic (exact) mass is 246 g/mol. The van der Waals surface area contributed by atoms with Crippen LogP contribution in [0.15, 0.2) is 0 Å². The molecular formula is C9H14N2O4S. The quantitative estimate of drug-likeness (QED) is 0.643. The first-order valence-electron chi connectivity index (χ1n) is 5.01. The smallest absolute Gasteiger partial charge is 0.326 e. The summed E-state index contributed by atoms with van der Waals surface area (Å²) in [5.41, 5.74) is 0. The Balaban J connectivity index is 2.48. The standard InChI is InChI=1S/C9H14N2O4S/c1-2-3-5(8(13)14)10-7(12)6-4-16-9(15)11-6/h5-6H,2-4H2,1H3,(H,10,12)(H,11,15)(H,13,14)/t5?,6-/m0/s1. The lowest BCUT2D eigenvalue weighted by molar-refractivity contribution is -0.142. The molecule has 1 fully saturated rings. The molecule has 3 N–H and O–H groups in total. The molecular weight excluding hydrogens is 232 g/mol. The maximum absolute atomic E-state index is 11.6. The molecule has 0 aromatic rings. The minimum Gasteiger partial charge on any atom is -0.480 e. The molecule has 0 spiro atoms. The highest BCUT2D eigenvalue weighted by Crippen LogP contribution is 2.13. The first-order chi connectivity index (χ1) is 7.54. The Bertz CT molecular complexity index is 308. The normalized spacial score (nSPS) is 21.3. The SMILES string of the molecule is CCCC(NC(=O)[C@@H]1CSC(=O)N1)C(=O)O. The van der Waals surface area contributed by atoms with Gasteiger partial charge in [0.15, 0.2) is 0 Å². The van der Waals surface area contributed by atoms with E-state index in [1.54, 1.807) is 0 Å². The molecule has 1 rings (SSSR count). The molecule has 2 atom stereocenters. The summed E-state index contributed by atoms with van der Waals surface area (Å²) in [7, 11) is 0. The lowest BCUT2D eigenvalue weighted by Crippen LogP contribution is -2.49. The van der Waals surface area contributed by atoms with Crippen LogP contribution in [0.3, 0.4) is 0 Å². The van der Waals surface area contributed by atoms with E-state index in [2.05, 4.69) is 10.6 Å². The van der Waals surface area contributed by atoms with Gasteiger partial charge in [-0.25, -0.2) is 4.79 Å². The number of amides is 2. The first-order valence-corrected chi connectivity index (χ1v) is 5.99. The maximum atomic E-state index is 11.6. The van der Waals surface area contributed by atoms with Gasteiger partial charge in [-0.05, 0) is 6.42 Å². The minimum atomic E-state index is -1.05. The Morgan fingerprint density at radius 1 is 1.69 bits per heavy atom. The summed E-state index contributed by atoms with van der Waals surface area (Å²) < 4.78 is 0. The summed E-state index contributed by atoms with van der Waals surface area (Å²) in [4.78, 5) is 33.2. The third-order valence-corrected chi connectivity index (χ3v) is 3.06. The molecule has 0 aliphatic carbocycles. The van der Waals surface area contributed by atoms with Crippen LogP contribution in [0.2, 0.25) is 0 Å². The number of carboxylic acid groups (broad SMARTS) is 1. The van der Waals surface area contributed by atoms with Crippen molar-refractivity contribution in [3.8, 4) is 0 Å². The number of hydrogen-bond donors (Lipinski definition) is 3. The minimum absolute atomic E-state index is 0.248. The Labute approximate surface area is 97.2 Å². The first kappa shape index (κ1) is 12.8. The molecule has 1 heterocycles. The van der Waals surface area contributed by atoms with E-state index in [1.165, 1.54) is 0 Å². The van der Waals surface area contributed by atoms with E-state index in [4.69, 9.17) is 5.11 Å². The lowest BCUT2D eigenvalue weighted by atomic mass is 10.1. The summed E-state index contributed by atoms with van der Waals surface area (Å²) in [6.45, 7) is 1.84. The van der Waals surface area contributed by atoms with Gasteiger partial charge < -0.3 is 15.7 Å². The van der Waals surface area contributed by atoms with E-state index >= 15 is 0 Å². The van der Waals surface area contributed by atoms with Gasteiger partial charge in [0.05, 0.1) is 0 Å². The molecule has 7 heteroatoms. The molecule has 0 radical (unpaired) electrons. The zero-order chi connectivity index (χ0) is 12.1. The van der Waals surface area contributed by atoms with E-state index in [-0.39, 0.29) is 5.24 Å². The number of hydrogen-bond acceptors (Lipinski definition) is 4. The summed E-state index contributed by atoms with van der Waals surface area (Å²) in [5, 5.41) is 13.5. The Morgan fingerprint density at radius 3 is 2.81 bits per heavy atom. The average Bonchev–Trinajstić information content (AvgIpc) is 2.64. The predicted octanol–water partition coefficient (Wildman–Crippen LogP) is 0.181. The van der Waals surface area contributed by atoms with Gasteiger partial charge in [-0.3, -0.25) is 9.59 Å². The van der Waals surface area contributed by atoms with E-state index in [0.717, 1.165) is 11.8 Å². The van der Waals surface area contributed by atoms with E-state index in [0.29, 0.717) is 18.6 Å². The summed E-state index contributed by atoms with van der Waals surface area (Å²) in [5.74, 6) is -1.13. The zero-order valence-corrected chi connectivity index (χ0v) is 9.67. The fraction of sp³-hybridized carbons (Fsp3) is 0.667. The number of carbonyl (C=O) groups is 3. The maximum Gasteiger partial charge on any atom is 0.326 e. The van der Waals surface area contributed by atoms with Crippen LogP contribution in [0.4, 0.5) is 4.79 Å². The van der Waals surface area contributed by atoms with Gasteiger partial charge in [0.25, 0.3) is 5.24 Å². The second-order valence-electron chi connectivity index (χ2n) is 3.48. The highest BCUT2D eigenvalue weighted by Gasteiger charge is 2.30. The van der Waals surface area contributed by atoms with Crippen molar-refractivity contribution in [1.29, 1.82) is 0 Å². The number of carboxylic acids is 1. The second kappa shape index (κ2) is 5.74. The number of rotatable bonds is 5. The van der Waals surface area contributed by atoms with Crippen LogP contribution in [-0.2, 0) is 9.59 Å². The van der Waals surface area contributed by atoms with E-state index in [1.807, 2.05) is 6.92 Å². The molecule has 1 unspecified atom stereocenters. The summed E-state index contributed by atoms with van der Waals surface area (Å²) >= 11 is 1.02. The molecule has 6 nitrogen and oxygen atoms in total. The molecule has 0 bridgehead atoms. The number of carbonyl (C=O) groups excluding carboxylic acids is 2. The van der Waals surface area contributed by atoms with Gasteiger partial charge in [0, 0.05) is 5.75 Å². The van der Waals surface area contributed by atoms with Gasteiger partial charge in [0.1, 0.15) is 12.1 Å².